The number of benzene rings is 2. The summed E-state index contributed by atoms with van der Waals surface area (Å²) in [6.07, 6.45) is 0. The lowest BCUT2D eigenvalue weighted by atomic mass is 10.0. The lowest BCUT2D eigenvalue weighted by Gasteiger charge is -2.16. The molecule has 114 valence electrons. The number of fused-ring (bicyclic) bond motifs is 2. The van der Waals surface area contributed by atoms with Gasteiger partial charge in [0.05, 0.1) is 5.69 Å². The summed E-state index contributed by atoms with van der Waals surface area (Å²) in [5.41, 5.74) is 8.92. The first-order valence-corrected chi connectivity index (χ1v) is 8.43. The molecule has 2 heterocycles. The highest BCUT2D eigenvalue weighted by Gasteiger charge is 2.49. The van der Waals surface area contributed by atoms with Crippen molar-refractivity contribution in [3.8, 4) is 17.2 Å². The summed E-state index contributed by atoms with van der Waals surface area (Å²) in [4.78, 5) is 0. The second-order valence-electron chi connectivity index (χ2n) is 5.62. The molecule has 22 heavy (non-hydrogen) atoms. The van der Waals surface area contributed by atoms with E-state index >= 15 is 0 Å². The fourth-order valence-corrected chi connectivity index (χ4v) is 3.83. The Kier molecular flexibility index (Phi) is 2.63. The summed E-state index contributed by atoms with van der Waals surface area (Å²) in [6, 6.07) is 9.74. The number of hydrogen-bond donors (Lipinski definition) is 2. The van der Waals surface area contributed by atoms with Crippen molar-refractivity contribution in [1.82, 2.24) is 0 Å². The number of nitrogen functional groups attached to an aromatic ring is 1. The third kappa shape index (κ3) is 1.91. The van der Waals surface area contributed by atoms with Gasteiger partial charge < -0.3 is 24.6 Å². The van der Waals surface area contributed by atoms with Crippen molar-refractivity contribution < 1.29 is 18.1 Å². The standard InChI is InChI=1S/C15H15N2O4P/c1-8(2)9-4-3-5-10(6-9)17-11-7-12-13(16)15-14(11)20-22(18,19-12)21-15/h3-8,17H,16H2,1-2H3. The summed E-state index contributed by atoms with van der Waals surface area (Å²) in [5, 5.41) is 3.25. The van der Waals surface area contributed by atoms with E-state index in [2.05, 4.69) is 31.3 Å². The summed E-state index contributed by atoms with van der Waals surface area (Å²) >= 11 is 0. The van der Waals surface area contributed by atoms with Crippen LogP contribution in [0.15, 0.2) is 30.3 Å². The molecule has 0 amide bonds. The van der Waals surface area contributed by atoms with Crippen LogP contribution in [-0.4, -0.2) is 0 Å². The average molecular weight is 318 g/mol. The van der Waals surface area contributed by atoms with Gasteiger partial charge in [-0.15, -0.1) is 0 Å². The molecule has 6 nitrogen and oxygen atoms in total. The van der Waals surface area contributed by atoms with Gasteiger partial charge in [-0.25, -0.2) is 0 Å². The Balaban J connectivity index is 1.75. The first kappa shape index (κ1) is 13.3. The van der Waals surface area contributed by atoms with Gasteiger partial charge in [-0.1, -0.05) is 26.0 Å². The molecule has 2 aromatic rings. The first-order valence-electron chi connectivity index (χ1n) is 6.97. The van der Waals surface area contributed by atoms with E-state index in [0.717, 1.165) is 5.69 Å². The zero-order valence-corrected chi connectivity index (χ0v) is 13.0. The molecule has 0 radical (unpaired) electrons. The molecule has 7 heteroatoms. The molecule has 2 aliphatic heterocycles. The normalized spacial score (nSPS) is 20.5. The third-order valence-electron chi connectivity index (χ3n) is 3.69. The van der Waals surface area contributed by atoms with Gasteiger partial charge in [-0.05, 0) is 23.6 Å². The van der Waals surface area contributed by atoms with E-state index < -0.39 is 7.82 Å². The van der Waals surface area contributed by atoms with Crippen molar-refractivity contribution in [1.29, 1.82) is 0 Å². The van der Waals surface area contributed by atoms with Gasteiger partial charge in [0.2, 0.25) is 11.5 Å². The van der Waals surface area contributed by atoms with Crippen LogP contribution in [-0.2, 0) is 4.57 Å². The molecule has 0 aromatic heterocycles. The van der Waals surface area contributed by atoms with Crippen molar-refractivity contribution in [2.45, 2.75) is 19.8 Å². The molecule has 4 rings (SSSR count). The molecule has 0 saturated heterocycles. The zero-order valence-electron chi connectivity index (χ0n) is 12.1. The van der Waals surface area contributed by atoms with Crippen molar-refractivity contribution in [2.75, 3.05) is 11.1 Å². The topological polar surface area (TPSA) is 82.8 Å². The van der Waals surface area contributed by atoms with E-state index in [-0.39, 0.29) is 5.75 Å². The van der Waals surface area contributed by atoms with Crippen LogP contribution < -0.4 is 24.6 Å². The minimum absolute atomic E-state index is 0.287. The number of phosphoric acid groups is 1. The average Bonchev–Trinajstić information content (AvgIpc) is 2.70. The van der Waals surface area contributed by atoms with Gasteiger partial charge in [0, 0.05) is 11.8 Å². The highest BCUT2D eigenvalue weighted by atomic mass is 31.2. The van der Waals surface area contributed by atoms with Crippen LogP contribution in [0.1, 0.15) is 25.3 Å². The molecule has 1 atom stereocenters. The van der Waals surface area contributed by atoms with Gasteiger partial charge in [0.15, 0.2) is 5.75 Å². The molecule has 2 aromatic carbocycles. The fraction of sp³-hybridized carbons (Fsp3) is 0.200. The van der Waals surface area contributed by atoms with Crippen LogP contribution in [0.25, 0.3) is 0 Å². The van der Waals surface area contributed by atoms with Gasteiger partial charge in [0.1, 0.15) is 5.69 Å². The van der Waals surface area contributed by atoms with Gasteiger partial charge in [0.25, 0.3) is 0 Å². The van der Waals surface area contributed by atoms with Crippen LogP contribution in [0.2, 0.25) is 0 Å². The Morgan fingerprint density at radius 3 is 2.68 bits per heavy atom. The lowest BCUT2D eigenvalue weighted by molar-refractivity contribution is 0.328. The quantitative estimate of drug-likeness (QED) is 0.644. The highest BCUT2D eigenvalue weighted by molar-refractivity contribution is 7.50. The highest BCUT2D eigenvalue weighted by Crippen LogP contribution is 2.69. The maximum absolute atomic E-state index is 12.1. The van der Waals surface area contributed by atoms with Crippen molar-refractivity contribution >= 4 is 24.9 Å². The van der Waals surface area contributed by atoms with Crippen LogP contribution in [0.4, 0.5) is 17.1 Å². The van der Waals surface area contributed by atoms with Crippen LogP contribution in [0.5, 0.6) is 17.2 Å². The monoisotopic (exact) mass is 318 g/mol. The van der Waals surface area contributed by atoms with Gasteiger partial charge >= 0.3 is 7.82 Å². The molecule has 3 bridgehead atoms. The Labute approximate surface area is 127 Å². The molecular formula is C15H15N2O4P. The van der Waals surface area contributed by atoms with Crippen LogP contribution in [0.3, 0.4) is 0 Å². The molecule has 0 saturated carbocycles. The second-order valence-corrected chi connectivity index (χ2v) is 7.06. The summed E-state index contributed by atoms with van der Waals surface area (Å²) in [5.74, 6) is 1.35. The number of phosphoric ester groups is 1. The van der Waals surface area contributed by atoms with Crippen molar-refractivity contribution in [3.63, 3.8) is 0 Å². The molecule has 0 fully saturated rings. The third-order valence-corrected chi connectivity index (χ3v) is 4.92. The first-order chi connectivity index (χ1) is 10.5. The number of hydrogen-bond acceptors (Lipinski definition) is 6. The molecule has 3 N–H and O–H groups in total. The van der Waals surface area contributed by atoms with E-state index in [1.165, 1.54) is 5.56 Å². The Morgan fingerprint density at radius 1 is 1.14 bits per heavy atom. The predicted molar refractivity (Wildman–Crippen MR) is 84.2 cm³/mol. The van der Waals surface area contributed by atoms with E-state index in [1.807, 2.05) is 12.1 Å². The van der Waals surface area contributed by atoms with Crippen molar-refractivity contribution in [3.05, 3.63) is 35.9 Å². The number of anilines is 3. The summed E-state index contributed by atoms with van der Waals surface area (Å²) < 4.78 is 27.9. The number of rotatable bonds is 3. The lowest BCUT2D eigenvalue weighted by Crippen LogP contribution is -2.05. The van der Waals surface area contributed by atoms with Gasteiger partial charge in [-0.2, -0.15) is 4.57 Å². The Morgan fingerprint density at radius 2 is 1.91 bits per heavy atom. The minimum Gasteiger partial charge on any atom is -0.393 e. The molecule has 2 aliphatic rings. The summed E-state index contributed by atoms with van der Waals surface area (Å²) in [6.45, 7) is 4.26. The van der Waals surface area contributed by atoms with Crippen molar-refractivity contribution in [2.24, 2.45) is 0 Å². The van der Waals surface area contributed by atoms with Crippen LogP contribution in [0, 0.1) is 0 Å². The molecule has 0 spiro atoms. The van der Waals surface area contributed by atoms with E-state index in [4.69, 9.17) is 19.3 Å². The second kappa shape index (κ2) is 4.34. The van der Waals surface area contributed by atoms with Crippen LogP contribution >= 0.6 is 7.82 Å². The zero-order chi connectivity index (χ0) is 15.5. The van der Waals surface area contributed by atoms with E-state index in [9.17, 15) is 4.57 Å². The largest absolute Gasteiger partial charge is 0.647 e. The number of nitrogens with two attached hydrogens (primary N) is 1. The molecular weight excluding hydrogens is 303 g/mol. The smallest absolute Gasteiger partial charge is 0.393 e. The maximum atomic E-state index is 12.1. The number of nitrogens with one attached hydrogen (secondary N) is 1. The van der Waals surface area contributed by atoms with E-state index in [0.29, 0.717) is 28.8 Å². The van der Waals surface area contributed by atoms with E-state index in [1.54, 1.807) is 6.07 Å². The molecule has 1 unspecified atom stereocenters. The molecule has 0 aliphatic carbocycles. The Bertz CT molecular complexity index is 829. The fourth-order valence-electron chi connectivity index (χ4n) is 2.51. The predicted octanol–water partition coefficient (Wildman–Crippen LogP) is 4.41. The SMILES string of the molecule is CC(C)c1cccc(Nc2cc3c(N)c4c2OP(=O)(O3)O4)c1. The van der Waals surface area contributed by atoms with Gasteiger partial charge in [-0.3, -0.25) is 0 Å². The maximum Gasteiger partial charge on any atom is 0.647 e. The Hall–Kier alpha value is -2.33. The minimum atomic E-state index is -3.58. The summed E-state index contributed by atoms with van der Waals surface area (Å²) in [7, 11) is -3.58.